The summed E-state index contributed by atoms with van der Waals surface area (Å²) in [6, 6.07) is 13.2. The lowest BCUT2D eigenvalue weighted by Gasteiger charge is -2.17. The summed E-state index contributed by atoms with van der Waals surface area (Å²) in [6.45, 7) is 6.20. The summed E-state index contributed by atoms with van der Waals surface area (Å²) in [4.78, 5) is 12.3. The number of carbonyl (C=O) groups is 1. The molecule has 0 fully saturated rings. The lowest BCUT2D eigenvalue weighted by molar-refractivity contribution is 0.0977. The van der Waals surface area contributed by atoms with E-state index in [0.29, 0.717) is 16.5 Å². The molecule has 126 valence electrons. The monoisotopic (exact) mass is 360 g/mol. The Bertz CT molecular complexity index is 761. The van der Waals surface area contributed by atoms with E-state index in [2.05, 4.69) is 30.5 Å². The molecule has 1 atom stereocenters. The molecule has 2 rings (SSSR count). The molecule has 0 bridgehead atoms. The maximum absolute atomic E-state index is 12.3. The Hall–Kier alpha value is -1.91. The number of thiocarbonyl (C=S) groups is 1. The first-order valence-electron chi connectivity index (χ1n) is 7.89. The number of para-hydroxylation sites is 1. The first-order valence-corrected chi connectivity index (χ1v) is 8.68. The predicted molar refractivity (Wildman–Crippen MR) is 105 cm³/mol. The molecule has 0 aromatic heterocycles. The standard InChI is InChI=1S/C19H21ClN2OS/c1-4-12(2)15-7-5-6-8-17(15)21-19(24)22-18(23)14-10-9-13(3)16(20)11-14/h5-12H,4H2,1-3H3,(H2,21,22,23,24)/t12-/m0/s1. The zero-order valence-electron chi connectivity index (χ0n) is 14.0. The Morgan fingerprint density at radius 3 is 2.62 bits per heavy atom. The van der Waals surface area contributed by atoms with Gasteiger partial charge in [0.2, 0.25) is 0 Å². The largest absolute Gasteiger partial charge is 0.332 e. The van der Waals surface area contributed by atoms with Crippen molar-refractivity contribution in [3.8, 4) is 0 Å². The fraction of sp³-hybridized carbons (Fsp3) is 0.263. The lowest BCUT2D eigenvalue weighted by Crippen LogP contribution is -2.34. The third-order valence-corrected chi connectivity index (χ3v) is 4.62. The minimum absolute atomic E-state index is 0.271. The number of rotatable bonds is 4. The van der Waals surface area contributed by atoms with Crippen LogP contribution in [0.2, 0.25) is 5.02 Å². The highest BCUT2D eigenvalue weighted by Gasteiger charge is 2.12. The van der Waals surface area contributed by atoms with Crippen LogP contribution in [-0.2, 0) is 0 Å². The van der Waals surface area contributed by atoms with Crippen molar-refractivity contribution < 1.29 is 4.79 Å². The molecule has 24 heavy (non-hydrogen) atoms. The molecule has 1 amide bonds. The van der Waals surface area contributed by atoms with Crippen LogP contribution < -0.4 is 10.6 Å². The van der Waals surface area contributed by atoms with Crippen LogP contribution in [0.1, 0.15) is 47.7 Å². The quantitative estimate of drug-likeness (QED) is 0.728. The summed E-state index contributed by atoms with van der Waals surface area (Å²) in [5, 5.41) is 6.65. The summed E-state index contributed by atoms with van der Waals surface area (Å²) in [5.74, 6) is 0.124. The van der Waals surface area contributed by atoms with Gasteiger partial charge in [-0.05, 0) is 60.8 Å². The molecule has 0 spiro atoms. The van der Waals surface area contributed by atoms with Gasteiger partial charge in [0.25, 0.3) is 5.91 Å². The summed E-state index contributed by atoms with van der Waals surface area (Å²) in [6.07, 6.45) is 1.03. The molecule has 0 aliphatic carbocycles. The predicted octanol–water partition coefficient (Wildman–Crippen LogP) is 5.29. The van der Waals surface area contributed by atoms with Crippen LogP contribution in [0.5, 0.6) is 0 Å². The van der Waals surface area contributed by atoms with Crippen molar-refractivity contribution in [3.63, 3.8) is 0 Å². The van der Waals surface area contributed by atoms with Crippen LogP contribution in [0, 0.1) is 6.92 Å². The average molecular weight is 361 g/mol. The van der Waals surface area contributed by atoms with E-state index in [1.54, 1.807) is 12.1 Å². The first-order chi connectivity index (χ1) is 11.4. The van der Waals surface area contributed by atoms with Gasteiger partial charge in [-0.3, -0.25) is 10.1 Å². The van der Waals surface area contributed by atoms with Gasteiger partial charge in [-0.25, -0.2) is 0 Å². The van der Waals surface area contributed by atoms with E-state index in [1.165, 1.54) is 5.56 Å². The van der Waals surface area contributed by atoms with Crippen LogP contribution in [0.25, 0.3) is 0 Å². The molecule has 3 nitrogen and oxygen atoms in total. The Labute approximate surface area is 153 Å². The second kappa shape index (κ2) is 8.27. The molecule has 0 heterocycles. The molecular formula is C19H21ClN2OS. The molecular weight excluding hydrogens is 340 g/mol. The number of hydrogen-bond acceptors (Lipinski definition) is 2. The van der Waals surface area contributed by atoms with Crippen LogP contribution in [0.15, 0.2) is 42.5 Å². The fourth-order valence-electron chi connectivity index (χ4n) is 2.32. The SMILES string of the molecule is CC[C@H](C)c1ccccc1NC(=S)NC(=O)c1ccc(C)c(Cl)c1. The van der Waals surface area contributed by atoms with Crippen LogP contribution in [-0.4, -0.2) is 11.0 Å². The summed E-state index contributed by atoms with van der Waals surface area (Å²) in [5.41, 5.74) is 3.50. The zero-order chi connectivity index (χ0) is 17.7. The maximum Gasteiger partial charge on any atom is 0.257 e. The highest BCUT2D eigenvalue weighted by molar-refractivity contribution is 7.80. The van der Waals surface area contributed by atoms with Crippen LogP contribution in [0.4, 0.5) is 5.69 Å². The van der Waals surface area contributed by atoms with E-state index >= 15 is 0 Å². The second-order valence-electron chi connectivity index (χ2n) is 5.77. The smallest absolute Gasteiger partial charge is 0.257 e. The minimum Gasteiger partial charge on any atom is -0.332 e. The first kappa shape index (κ1) is 18.4. The zero-order valence-corrected chi connectivity index (χ0v) is 15.6. The highest BCUT2D eigenvalue weighted by Crippen LogP contribution is 2.26. The Balaban J connectivity index is 2.08. The minimum atomic E-state index is -0.282. The third kappa shape index (κ3) is 4.56. The van der Waals surface area contributed by atoms with Gasteiger partial charge >= 0.3 is 0 Å². The molecule has 0 aliphatic rings. The summed E-state index contributed by atoms with van der Waals surface area (Å²) in [7, 11) is 0. The number of nitrogens with one attached hydrogen (secondary N) is 2. The topological polar surface area (TPSA) is 41.1 Å². The van der Waals surface area contributed by atoms with Gasteiger partial charge in [0.15, 0.2) is 5.11 Å². The van der Waals surface area contributed by atoms with Gasteiger partial charge in [0.1, 0.15) is 0 Å². The third-order valence-electron chi connectivity index (χ3n) is 4.01. The maximum atomic E-state index is 12.3. The van der Waals surface area contributed by atoms with E-state index in [4.69, 9.17) is 23.8 Å². The Morgan fingerprint density at radius 2 is 1.96 bits per heavy atom. The average Bonchev–Trinajstić information content (AvgIpc) is 2.57. The molecule has 0 saturated carbocycles. The highest BCUT2D eigenvalue weighted by atomic mass is 35.5. The number of hydrogen-bond donors (Lipinski definition) is 2. The van der Waals surface area contributed by atoms with Gasteiger partial charge in [-0.2, -0.15) is 0 Å². The van der Waals surface area contributed by atoms with E-state index in [-0.39, 0.29) is 11.0 Å². The lowest BCUT2D eigenvalue weighted by atomic mass is 9.97. The number of amides is 1. The van der Waals surface area contributed by atoms with Crippen LogP contribution >= 0.6 is 23.8 Å². The van der Waals surface area contributed by atoms with Crippen molar-refractivity contribution >= 4 is 40.5 Å². The molecule has 0 radical (unpaired) electrons. The van der Waals surface area contributed by atoms with Crippen molar-refractivity contribution in [2.24, 2.45) is 0 Å². The number of halogens is 1. The van der Waals surface area contributed by atoms with E-state index in [0.717, 1.165) is 17.7 Å². The number of carbonyl (C=O) groups excluding carboxylic acids is 1. The van der Waals surface area contributed by atoms with Crippen LogP contribution in [0.3, 0.4) is 0 Å². The summed E-state index contributed by atoms with van der Waals surface area (Å²) < 4.78 is 0. The number of anilines is 1. The molecule has 2 aromatic carbocycles. The molecule has 0 unspecified atom stereocenters. The van der Waals surface area contributed by atoms with E-state index in [9.17, 15) is 4.79 Å². The molecule has 2 N–H and O–H groups in total. The van der Waals surface area contributed by atoms with Crippen molar-refractivity contribution in [2.75, 3.05) is 5.32 Å². The fourth-order valence-corrected chi connectivity index (χ4v) is 2.71. The van der Waals surface area contributed by atoms with Crippen molar-refractivity contribution in [2.45, 2.75) is 33.1 Å². The normalized spacial score (nSPS) is 11.7. The van der Waals surface area contributed by atoms with Gasteiger partial charge < -0.3 is 5.32 Å². The van der Waals surface area contributed by atoms with Crippen molar-refractivity contribution in [1.82, 2.24) is 5.32 Å². The van der Waals surface area contributed by atoms with E-state index < -0.39 is 0 Å². The molecule has 0 saturated heterocycles. The van der Waals surface area contributed by atoms with Gasteiger partial charge in [0.05, 0.1) is 0 Å². The van der Waals surface area contributed by atoms with Crippen molar-refractivity contribution in [3.05, 3.63) is 64.2 Å². The number of aryl methyl sites for hydroxylation is 1. The Kier molecular flexibility index (Phi) is 6.35. The van der Waals surface area contributed by atoms with Gasteiger partial charge in [0, 0.05) is 16.3 Å². The van der Waals surface area contributed by atoms with Crippen molar-refractivity contribution in [1.29, 1.82) is 0 Å². The molecule has 0 aliphatic heterocycles. The molecule has 2 aromatic rings. The molecule has 5 heteroatoms. The summed E-state index contributed by atoms with van der Waals surface area (Å²) >= 11 is 11.3. The van der Waals surface area contributed by atoms with E-state index in [1.807, 2.05) is 31.2 Å². The van der Waals surface area contributed by atoms with Gasteiger partial charge in [-0.15, -0.1) is 0 Å². The second-order valence-corrected chi connectivity index (χ2v) is 6.58. The van der Waals surface area contributed by atoms with Gasteiger partial charge in [-0.1, -0.05) is 49.7 Å². The Morgan fingerprint density at radius 1 is 1.25 bits per heavy atom. The number of benzene rings is 2.